The van der Waals surface area contributed by atoms with Crippen molar-refractivity contribution in [1.29, 1.82) is 0 Å². The average molecular weight is 441 g/mol. The molecule has 0 unspecified atom stereocenters. The second-order valence-electron chi connectivity index (χ2n) is 7.10. The summed E-state index contributed by atoms with van der Waals surface area (Å²) in [6, 6.07) is 11.8. The van der Waals surface area contributed by atoms with Crippen LogP contribution in [0.15, 0.2) is 48.5 Å². The van der Waals surface area contributed by atoms with Gasteiger partial charge in [0.05, 0.1) is 5.56 Å². The van der Waals surface area contributed by atoms with Gasteiger partial charge in [0, 0.05) is 37.6 Å². The number of halogens is 3. The van der Waals surface area contributed by atoms with Gasteiger partial charge in [0.1, 0.15) is 5.75 Å². The summed E-state index contributed by atoms with van der Waals surface area (Å²) in [7, 11) is -3.83. The van der Waals surface area contributed by atoms with Crippen LogP contribution in [0.2, 0.25) is 0 Å². The van der Waals surface area contributed by atoms with Crippen molar-refractivity contribution >= 4 is 27.3 Å². The van der Waals surface area contributed by atoms with Crippen molar-refractivity contribution in [1.82, 2.24) is 4.31 Å². The first-order valence-corrected chi connectivity index (χ1v) is 10.9. The smallest absolute Gasteiger partial charge is 0.369 e. The van der Waals surface area contributed by atoms with E-state index < -0.39 is 33.4 Å². The number of piperazine rings is 1. The summed E-state index contributed by atoms with van der Waals surface area (Å²) in [5.74, 6) is -1.56. The first-order valence-electron chi connectivity index (χ1n) is 9.31. The number of amides is 1. The number of nitrogens with zero attached hydrogens (tertiary/aromatic N) is 2. The fourth-order valence-corrected chi connectivity index (χ4v) is 4.55. The Hall–Kier alpha value is -2.59. The van der Waals surface area contributed by atoms with E-state index in [4.69, 9.17) is 0 Å². The van der Waals surface area contributed by atoms with Crippen molar-refractivity contribution in [3.63, 3.8) is 0 Å². The summed E-state index contributed by atoms with van der Waals surface area (Å²) in [4.78, 5) is 14.2. The summed E-state index contributed by atoms with van der Waals surface area (Å²) < 4.78 is 64.2. The maximum absolute atomic E-state index is 12.6. The highest BCUT2D eigenvalue weighted by Crippen LogP contribution is 2.29. The third-order valence-corrected chi connectivity index (χ3v) is 6.59. The molecule has 2 aromatic carbocycles. The number of carbonyl (C=O) groups is 1. The van der Waals surface area contributed by atoms with Crippen LogP contribution in [0.5, 0.6) is 0 Å². The zero-order valence-electron chi connectivity index (χ0n) is 16.3. The predicted molar refractivity (Wildman–Crippen MR) is 109 cm³/mol. The van der Waals surface area contributed by atoms with Crippen LogP contribution in [0, 0.1) is 6.92 Å². The van der Waals surface area contributed by atoms with E-state index in [2.05, 4.69) is 10.2 Å². The van der Waals surface area contributed by atoms with Crippen molar-refractivity contribution in [2.45, 2.75) is 13.1 Å². The Bertz CT molecular complexity index is 1000. The van der Waals surface area contributed by atoms with Gasteiger partial charge in [-0.05, 0) is 48.9 Å². The van der Waals surface area contributed by atoms with E-state index in [9.17, 15) is 26.4 Å². The summed E-state index contributed by atoms with van der Waals surface area (Å²) in [5, 5.41) is 2.33. The van der Waals surface area contributed by atoms with Crippen LogP contribution in [-0.4, -0.2) is 50.6 Å². The van der Waals surface area contributed by atoms with Gasteiger partial charge < -0.3 is 10.2 Å². The van der Waals surface area contributed by atoms with Crippen LogP contribution in [0.4, 0.5) is 24.5 Å². The van der Waals surface area contributed by atoms with Crippen LogP contribution in [0.3, 0.4) is 0 Å². The number of hydrogen-bond donors (Lipinski definition) is 1. The van der Waals surface area contributed by atoms with Gasteiger partial charge in [0.2, 0.25) is 15.9 Å². The summed E-state index contributed by atoms with van der Waals surface area (Å²) in [5.41, 5.74) is 1.39. The number of hydrogen-bond acceptors (Lipinski definition) is 4. The maximum atomic E-state index is 12.6. The molecule has 6 nitrogen and oxygen atoms in total. The number of nitrogens with one attached hydrogen (secondary N) is 1. The van der Waals surface area contributed by atoms with Crippen LogP contribution in [0.25, 0.3) is 0 Å². The topological polar surface area (TPSA) is 69.7 Å². The van der Waals surface area contributed by atoms with Crippen molar-refractivity contribution in [3.8, 4) is 0 Å². The van der Waals surface area contributed by atoms with Crippen molar-refractivity contribution in [2.75, 3.05) is 42.1 Å². The SMILES string of the molecule is Cc1cccc(N2CCN(S(=O)(=O)CC(=O)Nc3ccc(C(F)(F)F)cc3)CC2)c1. The van der Waals surface area contributed by atoms with Crippen molar-refractivity contribution in [2.24, 2.45) is 0 Å². The standard InChI is InChI=1S/C20H22F3N3O3S/c1-15-3-2-4-18(13-15)25-9-11-26(12-10-25)30(28,29)14-19(27)24-17-7-5-16(6-8-17)20(21,22)23/h2-8,13H,9-12,14H2,1H3,(H,24,27). The molecule has 1 aliphatic rings. The third kappa shape index (κ3) is 5.51. The van der Waals surface area contributed by atoms with Crippen molar-refractivity contribution in [3.05, 3.63) is 59.7 Å². The molecule has 1 heterocycles. The Morgan fingerprint density at radius 2 is 1.67 bits per heavy atom. The molecule has 0 aliphatic carbocycles. The molecule has 162 valence electrons. The Morgan fingerprint density at radius 3 is 2.23 bits per heavy atom. The minimum Gasteiger partial charge on any atom is -0.369 e. The Morgan fingerprint density at radius 1 is 1.03 bits per heavy atom. The molecule has 1 saturated heterocycles. The van der Waals surface area contributed by atoms with Gasteiger partial charge in [-0.3, -0.25) is 4.79 Å². The van der Waals surface area contributed by atoms with Crippen LogP contribution in [0.1, 0.15) is 11.1 Å². The van der Waals surface area contributed by atoms with Gasteiger partial charge in [-0.15, -0.1) is 0 Å². The Kier molecular flexibility index (Phi) is 6.37. The van der Waals surface area contributed by atoms with E-state index in [1.165, 1.54) is 4.31 Å². The molecule has 0 spiro atoms. The van der Waals surface area contributed by atoms with Crippen LogP contribution >= 0.6 is 0 Å². The highest BCUT2D eigenvalue weighted by Gasteiger charge is 2.31. The van der Waals surface area contributed by atoms with E-state index in [0.29, 0.717) is 13.1 Å². The molecule has 0 bridgehead atoms. The molecular formula is C20H22F3N3O3S. The van der Waals surface area contributed by atoms with Crippen molar-refractivity contribution < 1.29 is 26.4 Å². The Labute approximate surface area is 173 Å². The van der Waals surface area contributed by atoms with E-state index in [0.717, 1.165) is 35.5 Å². The first-order chi connectivity index (χ1) is 14.0. The van der Waals surface area contributed by atoms with Crippen LogP contribution < -0.4 is 10.2 Å². The molecule has 0 radical (unpaired) electrons. The number of carbonyl (C=O) groups excluding carboxylic acids is 1. The number of rotatable bonds is 5. The van der Waals surface area contributed by atoms with Gasteiger partial charge in [-0.1, -0.05) is 12.1 Å². The highest BCUT2D eigenvalue weighted by atomic mass is 32.2. The monoisotopic (exact) mass is 441 g/mol. The van der Waals surface area contributed by atoms with Gasteiger partial charge >= 0.3 is 6.18 Å². The molecule has 1 fully saturated rings. The Balaban J connectivity index is 1.55. The van der Waals surface area contributed by atoms with Gasteiger partial charge in [0.15, 0.2) is 0 Å². The minimum atomic E-state index is -4.48. The highest BCUT2D eigenvalue weighted by molar-refractivity contribution is 7.89. The van der Waals surface area contributed by atoms with Gasteiger partial charge in [-0.25, -0.2) is 8.42 Å². The van der Waals surface area contributed by atoms with Crippen LogP contribution in [-0.2, 0) is 21.0 Å². The number of sulfonamides is 1. The lowest BCUT2D eigenvalue weighted by molar-refractivity contribution is -0.137. The van der Waals surface area contributed by atoms with E-state index in [1.54, 1.807) is 0 Å². The molecular weight excluding hydrogens is 419 g/mol. The second-order valence-corrected chi connectivity index (χ2v) is 9.07. The maximum Gasteiger partial charge on any atom is 0.416 e. The predicted octanol–water partition coefficient (Wildman–Crippen LogP) is 3.10. The van der Waals surface area contributed by atoms with E-state index in [1.807, 2.05) is 31.2 Å². The molecule has 1 N–H and O–H groups in total. The summed E-state index contributed by atoms with van der Waals surface area (Å²) in [6.07, 6.45) is -4.48. The lowest BCUT2D eigenvalue weighted by Crippen LogP contribution is -2.50. The number of anilines is 2. The summed E-state index contributed by atoms with van der Waals surface area (Å²) in [6.45, 7) is 3.50. The quantitative estimate of drug-likeness (QED) is 0.774. The van der Waals surface area contributed by atoms with Gasteiger partial charge in [0.25, 0.3) is 0 Å². The molecule has 0 atom stereocenters. The molecule has 1 amide bonds. The molecule has 3 rings (SSSR count). The fourth-order valence-electron chi connectivity index (χ4n) is 3.25. The molecule has 0 aromatic heterocycles. The number of aryl methyl sites for hydroxylation is 1. The van der Waals surface area contributed by atoms with E-state index >= 15 is 0 Å². The molecule has 10 heteroatoms. The lowest BCUT2D eigenvalue weighted by atomic mass is 10.2. The zero-order valence-corrected chi connectivity index (χ0v) is 17.1. The third-order valence-electron chi connectivity index (χ3n) is 4.81. The fraction of sp³-hybridized carbons (Fsp3) is 0.350. The molecule has 1 aliphatic heterocycles. The molecule has 2 aromatic rings. The molecule has 0 saturated carbocycles. The average Bonchev–Trinajstić information content (AvgIpc) is 2.67. The van der Waals surface area contributed by atoms with Gasteiger partial charge in [-0.2, -0.15) is 17.5 Å². The second kappa shape index (κ2) is 8.65. The number of benzene rings is 2. The normalized spacial score (nSPS) is 15.8. The van der Waals surface area contributed by atoms with E-state index in [-0.39, 0.29) is 18.8 Å². The minimum absolute atomic E-state index is 0.104. The lowest BCUT2D eigenvalue weighted by Gasteiger charge is -2.35. The first kappa shape index (κ1) is 22.1. The molecule has 30 heavy (non-hydrogen) atoms. The summed E-state index contributed by atoms with van der Waals surface area (Å²) >= 11 is 0. The largest absolute Gasteiger partial charge is 0.416 e. The zero-order chi connectivity index (χ0) is 21.9. The number of alkyl halides is 3.